The maximum Gasteiger partial charge on any atom is 0.230 e. The molecule has 0 fully saturated rings. The summed E-state index contributed by atoms with van der Waals surface area (Å²) in [5, 5.41) is 3.87. The van der Waals surface area contributed by atoms with Crippen LogP contribution in [0.3, 0.4) is 0 Å². The van der Waals surface area contributed by atoms with Crippen molar-refractivity contribution >= 4 is 40.9 Å². The number of benzene rings is 2. The Kier molecular flexibility index (Phi) is 6.55. The van der Waals surface area contributed by atoms with E-state index in [1.54, 1.807) is 36.4 Å². The van der Waals surface area contributed by atoms with E-state index in [1.165, 1.54) is 17.8 Å². The Morgan fingerprint density at radius 1 is 1.09 bits per heavy atom. The van der Waals surface area contributed by atoms with E-state index in [0.29, 0.717) is 21.4 Å². The summed E-state index contributed by atoms with van der Waals surface area (Å²) in [5.74, 6) is 0.330. The van der Waals surface area contributed by atoms with Gasteiger partial charge in [-0.1, -0.05) is 47.5 Å². The molecule has 116 valence electrons. The standard InChI is InChI=1S/C16H14Cl2FNOS/c17-13-5-3-6-14(18)12(13)9-22-10-16(21)20-8-11-4-1-2-7-15(11)19/h1-7H,8-10H2,(H,20,21). The first-order valence-electron chi connectivity index (χ1n) is 6.58. The number of amides is 1. The minimum absolute atomic E-state index is 0.156. The minimum atomic E-state index is -0.321. The molecule has 6 heteroatoms. The van der Waals surface area contributed by atoms with Gasteiger partial charge in [-0.05, 0) is 23.8 Å². The van der Waals surface area contributed by atoms with Crippen LogP contribution in [0.5, 0.6) is 0 Å². The fourth-order valence-electron chi connectivity index (χ4n) is 1.80. The number of hydrogen-bond donors (Lipinski definition) is 1. The number of rotatable bonds is 6. The molecule has 2 aromatic carbocycles. The molecule has 0 aliphatic carbocycles. The van der Waals surface area contributed by atoms with Crippen LogP contribution in [0.25, 0.3) is 0 Å². The zero-order chi connectivity index (χ0) is 15.9. The Morgan fingerprint density at radius 3 is 2.45 bits per heavy atom. The fraction of sp³-hybridized carbons (Fsp3) is 0.188. The lowest BCUT2D eigenvalue weighted by atomic mass is 10.2. The highest BCUT2D eigenvalue weighted by molar-refractivity contribution is 7.99. The van der Waals surface area contributed by atoms with Crippen molar-refractivity contribution in [2.24, 2.45) is 0 Å². The van der Waals surface area contributed by atoms with Crippen LogP contribution < -0.4 is 5.32 Å². The molecule has 0 unspecified atom stereocenters. The Labute approximate surface area is 143 Å². The van der Waals surface area contributed by atoms with Crippen molar-refractivity contribution < 1.29 is 9.18 Å². The third-order valence-corrected chi connectivity index (χ3v) is 4.64. The smallest absolute Gasteiger partial charge is 0.230 e. The van der Waals surface area contributed by atoms with E-state index in [0.717, 1.165) is 5.56 Å². The quantitative estimate of drug-likeness (QED) is 0.812. The lowest BCUT2D eigenvalue weighted by Gasteiger charge is -2.08. The summed E-state index contributed by atoms with van der Waals surface area (Å²) >= 11 is 13.5. The molecule has 2 aromatic rings. The lowest BCUT2D eigenvalue weighted by molar-refractivity contribution is -0.118. The summed E-state index contributed by atoms with van der Waals surface area (Å²) in [6.07, 6.45) is 0. The molecular formula is C16H14Cl2FNOS. The average molecular weight is 358 g/mol. The van der Waals surface area contributed by atoms with Crippen molar-refractivity contribution in [2.75, 3.05) is 5.75 Å². The second-order valence-corrected chi connectivity index (χ2v) is 6.36. The molecule has 0 atom stereocenters. The summed E-state index contributed by atoms with van der Waals surface area (Å²) in [5.41, 5.74) is 1.28. The summed E-state index contributed by atoms with van der Waals surface area (Å²) in [6.45, 7) is 0.179. The van der Waals surface area contributed by atoms with E-state index in [1.807, 2.05) is 0 Å². The molecule has 2 rings (SSSR count). The number of carbonyl (C=O) groups excluding carboxylic acids is 1. The molecule has 0 aromatic heterocycles. The van der Waals surface area contributed by atoms with Gasteiger partial charge in [0, 0.05) is 27.9 Å². The number of thioether (sulfide) groups is 1. The highest BCUT2D eigenvalue weighted by Gasteiger charge is 2.08. The van der Waals surface area contributed by atoms with Gasteiger partial charge in [-0.25, -0.2) is 4.39 Å². The highest BCUT2D eigenvalue weighted by atomic mass is 35.5. The van der Waals surface area contributed by atoms with E-state index in [9.17, 15) is 9.18 Å². The van der Waals surface area contributed by atoms with Crippen LogP contribution in [0.4, 0.5) is 4.39 Å². The fourth-order valence-corrected chi connectivity index (χ4v) is 3.40. The van der Waals surface area contributed by atoms with Crippen LogP contribution in [-0.4, -0.2) is 11.7 Å². The zero-order valence-electron chi connectivity index (χ0n) is 11.6. The molecule has 22 heavy (non-hydrogen) atoms. The van der Waals surface area contributed by atoms with Crippen molar-refractivity contribution in [3.05, 3.63) is 69.5 Å². The summed E-state index contributed by atoms with van der Waals surface area (Å²) < 4.78 is 13.4. The van der Waals surface area contributed by atoms with E-state index in [2.05, 4.69) is 5.32 Å². The number of hydrogen-bond acceptors (Lipinski definition) is 2. The highest BCUT2D eigenvalue weighted by Crippen LogP contribution is 2.28. The van der Waals surface area contributed by atoms with Gasteiger partial charge in [0.25, 0.3) is 0 Å². The maximum absolute atomic E-state index is 13.4. The molecule has 0 saturated carbocycles. The SMILES string of the molecule is O=C(CSCc1c(Cl)cccc1Cl)NCc1ccccc1F. The molecule has 0 aliphatic rings. The maximum atomic E-state index is 13.4. The first kappa shape index (κ1) is 17.1. The lowest BCUT2D eigenvalue weighted by Crippen LogP contribution is -2.25. The normalized spacial score (nSPS) is 10.5. The zero-order valence-corrected chi connectivity index (χ0v) is 13.9. The van der Waals surface area contributed by atoms with Crippen LogP contribution >= 0.6 is 35.0 Å². The minimum Gasteiger partial charge on any atom is -0.351 e. The van der Waals surface area contributed by atoms with E-state index in [-0.39, 0.29) is 24.0 Å². The Morgan fingerprint density at radius 2 is 1.77 bits per heavy atom. The van der Waals surface area contributed by atoms with Gasteiger partial charge in [0.05, 0.1) is 5.75 Å². The second kappa shape index (κ2) is 8.42. The largest absolute Gasteiger partial charge is 0.351 e. The van der Waals surface area contributed by atoms with Gasteiger partial charge in [0.1, 0.15) is 5.82 Å². The third kappa shape index (κ3) is 4.90. The molecule has 0 spiro atoms. The van der Waals surface area contributed by atoms with E-state index >= 15 is 0 Å². The molecule has 0 radical (unpaired) electrons. The summed E-state index contributed by atoms with van der Waals surface area (Å²) in [4.78, 5) is 11.8. The van der Waals surface area contributed by atoms with Crippen LogP contribution in [0.15, 0.2) is 42.5 Å². The van der Waals surface area contributed by atoms with Crippen molar-refractivity contribution in [3.8, 4) is 0 Å². The molecule has 1 N–H and O–H groups in total. The molecule has 1 amide bonds. The summed E-state index contributed by atoms with van der Waals surface area (Å²) in [7, 11) is 0. The number of halogens is 3. The Bertz CT molecular complexity index is 646. The van der Waals surface area contributed by atoms with Gasteiger partial charge < -0.3 is 5.32 Å². The molecule has 0 heterocycles. The van der Waals surface area contributed by atoms with Gasteiger partial charge in [0.2, 0.25) is 5.91 Å². The summed E-state index contributed by atoms with van der Waals surface area (Å²) in [6, 6.07) is 11.7. The average Bonchev–Trinajstić information content (AvgIpc) is 2.49. The predicted octanol–water partition coefficient (Wildman–Crippen LogP) is 4.68. The van der Waals surface area contributed by atoms with Gasteiger partial charge in [0.15, 0.2) is 0 Å². The number of nitrogens with one attached hydrogen (secondary N) is 1. The molecule has 2 nitrogen and oxygen atoms in total. The first-order chi connectivity index (χ1) is 10.6. The van der Waals surface area contributed by atoms with Gasteiger partial charge >= 0.3 is 0 Å². The Balaban J connectivity index is 1.78. The monoisotopic (exact) mass is 357 g/mol. The van der Waals surface area contributed by atoms with Crippen molar-refractivity contribution in [3.63, 3.8) is 0 Å². The van der Waals surface area contributed by atoms with Crippen molar-refractivity contribution in [1.82, 2.24) is 5.32 Å². The Hall–Kier alpha value is -1.23. The van der Waals surface area contributed by atoms with Gasteiger partial charge in [-0.15, -0.1) is 11.8 Å². The van der Waals surface area contributed by atoms with Gasteiger partial charge in [-0.2, -0.15) is 0 Å². The molecular weight excluding hydrogens is 344 g/mol. The molecule has 0 saturated heterocycles. The molecule has 0 aliphatic heterocycles. The van der Waals surface area contributed by atoms with Crippen LogP contribution in [0.2, 0.25) is 10.0 Å². The van der Waals surface area contributed by atoms with E-state index < -0.39 is 0 Å². The van der Waals surface area contributed by atoms with Crippen LogP contribution in [-0.2, 0) is 17.1 Å². The predicted molar refractivity (Wildman–Crippen MR) is 90.9 cm³/mol. The van der Waals surface area contributed by atoms with Crippen LogP contribution in [0.1, 0.15) is 11.1 Å². The third-order valence-electron chi connectivity index (χ3n) is 2.98. The van der Waals surface area contributed by atoms with Crippen LogP contribution in [0, 0.1) is 5.82 Å². The second-order valence-electron chi connectivity index (χ2n) is 4.56. The van der Waals surface area contributed by atoms with E-state index in [4.69, 9.17) is 23.2 Å². The van der Waals surface area contributed by atoms with Crippen molar-refractivity contribution in [2.45, 2.75) is 12.3 Å². The first-order valence-corrected chi connectivity index (χ1v) is 8.49. The topological polar surface area (TPSA) is 29.1 Å². The van der Waals surface area contributed by atoms with Crippen molar-refractivity contribution in [1.29, 1.82) is 0 Å². The number of carbonyl (C=O) groups is 1. The van der Waals surface area contributed by atoms with Gasteiger partial charge in [-0.3, -0.25) is 4.79 Å². The molecule has 0 bridgehead atoms.